The van der Waals surface area contributed by atoms with E-state index >= 15 is 0 Å². The van der Waals surface area contributed by atoms with E-state index < -0.39 is 29.8 Å². The Morgan fingerprint density at radius 1 is 1.14 bits per heavy atom. The number of rotatable bonds is 4. The summed E-state index contributed by atoms with van der Waals surface area (Å²) in [4.78, 5) is 36.5. The molecule has 2 rings (SSSR count). The van der Waals surface area contributed by atoms with Crippen LogP contribution in [0.4, 0.5) is 9.59 Å². The van der Waals surface area contributed by atoms with Crippen molar-refractivity contribution >= 4 is 29.1 Å². The summed E-state index contributed by atoms with van der Waals surface area (Å²) in [5.41, 5.74) is 1.58. The smallest absolute Gasteiger partial charge is 0.418 e. The van der Waals surface area contributed by atoms with Gasteiger partial charge in [0.1, 0.15) is 11.6 Å². The number of benzene rings is 1. The monoisotopic (exact) mass is 390 g/mol. The van der Waals surface area contributed by atoms with E-state index in [4.69, 9.17) is 14.2 Å². The third-order valence-electron chi connectivity index (χ3n) is 4.09. The predicted octanol–water partition coefficient (Wildman–Crippen LogP) is 3.17. The maximum Gasteiger partial charge on any atom is 0.418 e. The number of carbonyl (C=O) groups is 3. The molecular weight excluding hydrogens is 364 g/mol. The molecule has 1 aromatic carbocycles. The number of nitrogens with one attached hydrogen (secondary N) is 1. The van der Waals surface area contributed by atoms with E-state index in [1.54, 1.807) is 33.0 Å². The van der Waals surface area contributed by atoms with E-state index in [2.05, 4.69) is 5.32 Å². The fourth-order valence-electron chi connectivity index (χ4n) is 2.97. The average Bonchev–Trinajstić information content (AvgIpc) is 2.98. The van der Waals surface area contributed by atoms with Gasteiger partial charge in [0.2, 0.25) is 0 Å². The summed E-state index contributed by atoms with van der Waals surface area (Å²) in [7, 11) is 2.54. The number of aromatic nitrogens is 1. The molecule has 1 unspecified atom stereocenters. The summed E-state index contributed by atoms with van der Waals surface area (Å²) in [5, 5.41) is 3.36. The SMILES string of the molecule is COC(=O)C(Cc1cn(C(=O)OC)c2cccc(C)c12)NC(=O)OC(C)(C)C. The summed E-state index contributed by atoms with van der Waals surface area (Å²) >= 11 is 0. The Bertz CT molecular complexity index is 894. The highest BCUT2D eigenvalue weighted by atomic mass is 16.6. The van der Waals surface area contributed by atoms with Crippen LogP contribution in [0.3, 0.4) is 0 Å². The number of methoxy groups -OCH3 is 2. The maximum absolute atomic E-state index is 12.2. The summed E-state index contributed by atoms with van der Waals surface area (Å²) in [6.45, 7) is 7.09. The quantitative estimate of drug-likeness (QED) is 0.636. The van der Waals surface area contributed by atoms with Gasteiger partial charge in [-0.2, -0.15) is 0 Å². The Labute approximate surface area is 163 Å². The van der Waals surface area contributed by atoms with Gasteiger partial charge in [-0.3, -0.25) is 4.57 Å². The van der Waals surface area contributed by atoms with Crippen LogP contribution in [0.2, 0.25) is 0 Å². The number of alkyl carbamates (subject to hydrolysis) is 1. The van der Waals surface area contributed by atoms with Crippen LogP contribution in [-0.4, -0.2) is 48.6 Å². The van der Waals surface area contributed by atoms with Gasteiger partial charge < -0.3 is 19.5 Å². The lowest BCUT2D eigenvalue weighted by atomic mass is 10.0. The molecule has 8 nitrogen and oxygen atoms in total. The van der Waals surface area contributed by atoms with Crippen molar-refractivity contribution in [3.05, 3.63) is 35.5 Å². The molecule has 0 bridgehead atoms. The number of aryl methyl sites for hydroxylation is 1. The molecule has 0 aliphatic rings. The number of fused-ring (bicyclic) bond motifs is 1. The molecular formula is C20H26N2O6. The molecule has 0 fully saturated rings. The zero-order valence-corrected chi connectivity index (χ0v) is 17.0. The summed E-state index contributed by atoms with van der Waals surface area (Å²) in [5.74, 6) is -0.613. The minimum atomic E-state index is -0.976. The molecule has 2 aromatic rings. The van der Waals surface area contributed by atoms with Crippen molar-refractivity contribution in [3.63, 3.8) is 0 Å². The van der Waals surface area contributed by atoms with Crippen LogP contribution in [0, 0.1) is 6.92 Å². The first-order valence-corrected chi connectivity index (χ1v) is 8.82. The highest BCUT2D eigenvalue weighted by Crippen LogP contribution is 2.26. The zero-order valence-electron chi connectivity index (χ0n) is 17.0. The van der Waals surface area contributed by atoms with Crippen molar-refractivity contribution in [1.82, 2.24) is 9.88 Å². The molecule has 0 saturated carbocycles. The van der Waals surface area contributed by atoms with E-state index in [0.29, 0.717) is 11.1 Å². The Kier molecular flexibility index (Phi) is 6.33. The highest BCUT2D eigenvalue weighted by molar-refractivity contribution is 5.94. The van der Waals surface area contributed by atoms with Gasteiger partial charge in [-0.25, -0.2) is 14.4 Å². The van der Waals surface area contributed by atoms with Gasteiger partial charge in [0.05, 0.1) is 19.7 Å². The molecule has 152 valence electrons. The van der Waals surface area contributed by atoms with Gasteiger partial charge in [0, 0.05) is 18.0 Å². The molecule has 0 spiro atoms. The van der Waals surface area contributed by atoms with E-state index in [-0.39, 0.29) is 6.42 Å². The first-order valence-electron chi connectivity index (χ1n) is 8.82. The minimum Gasteiger partial charge on any atom is -0.467 e. The second kappa shape index (κ2) is 8.33. The second-order valence-electron chi connectivity index (χ2n) is 7.39. The van der Waals surface area contributed by atoms with Crippen molar-refractivity contribution in [3.8, 4) is 0 Å². The first kappa shape index (κ1) is 21.3. The number of esters is 1. The van der Waals surface area contributed by atoms with Crippen molar-refractivity contribution in [2.75, 3.05) is 14.2 Å². The van der Waals surface area contributed by atoms with E-state index in [1.807, 2.05) is 19.1 Å². The summed E-state index contributed by atoms with van der Waals surface area (Å²) in [6.07, 6.45) is 0.459. The van der Waals surface area contributed by atoms with Crippen molar-refractivity contribution in [2.24, 2.45) is 0 Å². The fraction of sp³-hybridized carbons (Fsp3) is 0.450. The molecule has 1 heterocycles. The zero-order chi connectivity index (χ0) is 21.1. The average molecular weight is 390 g/mol. The highest BCUT2D eigenvalue weighted by Gasteiger charge is 2.27. The van der Waals surface area contributed by atoms with Gasteiger partial charge in [-0.05, 0) is 44.9 Å². The Balaban J connectivity index is 2.41. The van der Waals surface area contributed by atoms with E-state index in [1.165, 1.54) is 18.8 Å². The third kappa shape index (κ3) is 4.82. The van der Waals surface area contributed by atoms with E-state index in [0.717, 1.165) is 10.9 Å². The van der Waals surface area contributed by atoms with Gasteiger partial charge in [0.15, 0.2) is 0 Å². The first-order chi connectivity index (χ1) is 13.1. The largest absolute Gasteiger partial charge is 0.467 e. The van der Waals surface area contributed by atoms with Crippen LogP contribution in [0.15, 0.2) is 24.4 Å². The van der Waals surface area contributed by atoms with Crippen LogP contribution in [-0.2, 0) is 25.4 Å². The van der Waals surface area contributed by atoms with Crippen LogP contribution in [0.5, 0.6) is 0 Å². The maximum atomic E-state index is 12.2. The normalized spacial score (nSPS) is 12.4. The standard InChI is InChI=1S/C20H26N2O6/c1-12-8-7-9-15-16(12)13(11-22(15)19(25)27-6)10-14(17(23)26-5)21-18(24)28-20(2,3)4/h7-9,11,14H,10H2,1-6H3,(H,21,24). The minimum absolute atomic E-state index is 0.122. The lowest BCUT2D eigenvalue weighted by Crippen LogP contribution is -2.45. The molecule has 1 N–H and O–H groups in total. The molecule has 1 amide bonds. The lowest BCUT2D eigenvalue weighted by molar-refractivity contribution is -0.143. The van der Waals surface area contributed by atoms with Crippen LogP contribution < -0.4 is 5.32 Å². The second-order valence-corrected chi connectivity index (χ2v) is 7.39. The number of carbonyl (C=O) groups excluding carboxylic acids is 3. The van der Waals surface area contributed by atoms with Crippen molar-refractivity contribution < 1.29 is 28.6 Å². The number of amides is 1. The van der Waals surface area contributed by atoms with Crippen LogP contribution in [0.1, 0.15) is 31.9 Å². The Morgan fingerprint density at radius 3 is 2.39 bits per heavy atom. The van der Waals surface area contributed by atoms with Gasteiger partial charge in [-0.1, -0.05) is 12.1 Å². The Morgan fingerprint density at radius 2 is 1.82 bits per heavy atom. The summed E-state index contributed by atoms with van der Waals surface area (Å²) < 4.78 is 16.3. The number of hydrogen-bond acceptors (Lipinski definition) is 6. The molecule has 0 aliphatic heterocycles. The van der Waals surface area contributed by atoms with Crippen molar-refractivity contribution in [2.45, 2.75) is 45.8 Å². The van der Waals surface area contributed by atoms with Gasteiger partial charge in [-0.15, -0.1) is 0 Å². The summed E-state index contributed by atoms with van der Waals surface area (Å²) in [6, 6.07) is 4.55. The van der Waals surface area contributed by atoms with E-state index in [9.17, 15) is 14.4 Å². The molecule has 1 atom stereocenters. The number of ether oxygens (including phenoxy) is 3. The van der Waals surface area contributed by atoms with Crippen LogP contribution >= 0.6 is 0 Å². The number of nitrogens with zero attached hydrogens (tertiary/aromatic N) is 1. The molecule has 0 saturated heterocycles. The molecule has 1 aromatic heterocycles. The molecule has 0 aliphatic carbocycles. The Hall–Kier alpha value is -3.03. The molecule has 0 radical (unpaired) electrons. The molecule has 8 heteroatoms. The molecule has 28 heavy (non-hydrogen) atoms. The fourth-order valence-corrected chi connectivity index (χ4v) is 2.97. The van der Waals surface area contributed by atoms with Gasteiger partial charge >= 0.3 is 18.2 Å². The topological polar surface area (TPSA) is 95.9 Å². The van der Waals surface area contributed by atoms with Crippen LogP contribution in [0.25, 0.3) is 10.9 Å². The number of hydrogen-bond donors (Lipinski definition) is 1. The predicted molar refractivity (Wildman–Crippen MR) is 103 cm³/mol. The van der Waals surface area contributed by atoms with Gasteiger partial charge in [0.25, 0.3) is 0 Å². The van der Waals surface area contributed by atoms with Crippen molar-refractivity contribution in [1.29, 1.82) is 0 Å². The third-order valence-corrected chi connectivity index (χ3v) is 4.09. The lowest BCUT2D eigenvalue weighted by Gasteiger charge is -2.22.